The van der Waals surface area contributed by atoms with E-state index in [2.05, 4.69) is 16.9 Å². The SMILES string of the molecule is C=CCOC(=O)C1=C(C)N=C2SC=C(CC(=O)NCC3CCCO3)N2C1c1ccc(F)cc1. The molecule has 9 heteroatoms. The van der Waals surface area contributed by atoms with Gasteiger partial charge in [-0.05, 0) is 42.9 Å². The normalized spacial score (nSPS) is 21.9. The van der Waals surface area contributed by atoms with Gasteiger partial charge >= 0.3 is 5.97 Å². The predicted molar refractivity (Wildman–Crippen MR) is 125 cm³/mol. The molecule has 3 aliphatic rings. The predicted octanol–water partition coefficient (Wildman–Crippen LogP) is 3.82. The number of hydrogen-bond donors (Lipinski definition) is 1. The zero-order valence-corrected chi connectivity index (χ0v) is 19.2. The molecular weight excluding hydrogens is 445 g/mol. The molecular formula is C24H26FN3O4S. The Morgan fingerprint density at radius 3 is 2.88 bits per heavy atom. The average molecular weight is 472 g/mol. The number of esters is 1. The van der Waals surface area contributed by atoms with Crippen LogP contribution in [-0.4, -0.2) is 47.8 Å². The molecule has 2 atom stereocenters. The number of aliphatic imine (C=N–C) groups is 1. The minimum Gasteiger partial charge on any atom is -0.458 e. The van der Waals surface area contributed by atoms with E-state index in [1.54, 1.807) is 19.1 Å². The van der Waals surface area contributed by atoms with Crippen LogP contribution in [0.4, 0.5) is 4.39 Å². The van der Waals surface area contributed by atoms with Crippen molar-refractivity contribution >= 4 is 28.8 Å². The van der Waals surface area contributed by atoms with Gasteiger partial charge in [0, 0.05) is 18.8 Å². The second kappa shape index (κ2) is 10.4. The smallest absolute Gasteiger partial charge is 0.338 e. The number of amides is 1. The van der Waals surface area contributed by atoms with Crippen molar-refractivity contribution in [3.05, 3.63) is 70.7 Å². The number of nitrogens with zero attached hydrogens (tertiary/aromatic N) is 2. The molecule has 1 aromatic rings. The summed E-state index contributed by atoms with van der Waals surface area (Å²) in [6.45, 7) is 6.60. The minimum absolute atomic E-state index is 0.0526. The summed E-state index contributed by atoms with van der Waals surface area (Å²) in [5.74, 6) is -1.04. The van der Waals surface area contributed by atoms with Crippen molar-refractivity contribution in [3.8, 4) is 0 Å². The number of carbonyl (C=O) groups is 2. The second-order valence-corrected chi connectivity index (χ2v) is 8.78. The van der Waals surface area contributed by atoms with E-state index in [0.717, 1.165) is 19.4 Å². The van der Waals surface area contributed by atoms with Gasteiger partial charge in [-0.25, -0.2) is 14.2 Å². The van der Waals surface area contributed by atoms with Gasteiger partial charge in [-0.2, -0.15) is 0 Å². The molecule has 2 unspecified atom stereocenters. The summed E-state index contributed by atoms with van der Waals surface area (Å²) in [4.78, 5) is 32.1. The summed E-state index contributed by atoms with van der Waals surface area (Å²) >= 11 is 1.39. The molecule has 1 aromatic carbocycles. The molecule has 1 fully saturated rings. The lowest BCUT2D eigenvalue weighted by Gasteiger charge is -2.36. The first kappa shape index (κ1) is 23.3. The van der Waals surface area contributed by atoms with E-state index in [4.69, 9.17) is 9.47 Å². The Kier molecular flexibility index (Phi) is 7.29. The van der Waals surface area contributed by atoms with Crippen molar-refractivity contribution in [1.82, 2.24) is 10.2 Å². The zero-order valence-electron chi connectivity index (χ0n) is 18.4. The van der Waals surface area contributed by atoms with Crippen molar-refractivity contribution in [2.45, 2.75) is 38.3 Å². The van der Waals surface area contributed by atoms with Gasteiger partial charge in [0.05, 0.1) is 29.8 Å². The molecule has 7 nitrogen and oxygen atoms in total. The summed E-state index contributed by atoms with van der Waals surface area (Å²) in [6, 6.07) is 5.38. The lowest BCUT2D eigenvalue weighted by Crippen LogP contribution is -2.38. The number of amidine groups is 1. The van der Waals surface area contributed by atoms with E-state index in [9.17, 15) is 14.0 Å². The summed E-state index contributed by atoms with van der Waals surface area (Å²) in [7, 11) is 0. The van der Waals surface area contributed by atoms with Crippen molar-refractivity contribution < 1.29 is 23.5 Å². The van der Waals surface area contributed by atoms with E-state index in [1.165, 1.54) is 30.0 Å². The maximum absolute atomic E-state index is 13.7. The summed E-state index contributed by atoms with van der Waals surface area (Å²) in [5.41, 5.74) is 2.27. The van der Waals surface area contributed by atoms with E-state index < -0.39 is 12.0 Å². The average Bonchev–Trinajstić information content (AvgIpc) is 3.46. The van der Waals surface area contributed by atoms with Crippen LogP contribution in [0.5, 0.6) is 0 Å². The third-order valence-electron chi connectivity index (χ3n) is 5.63. The molecule has 0 spiro atoms. The molecule has 1 amide bonds. The van der Waals surface area contributed by atoms with Gasteiger partial charge < -0.3 is 19.7 Å². The highest BCUT2D eigenvalue weighted by molar-refractivity contribution is 8.16. The highest BCUT2D eigenvalue weighted by Crippen LogP contribution is 2.44. The first-order chi connectivity index (χ1) is 16.0. The molecule has 0 aliphatic carbocycles. The van der Waals surface area contributed by atoms with Crippen molar-refractivity contribution in [2.75, 3.05) is 19.8 Å². The number of ether oxygens (including phenoxy) is 2. The summed E-state index contributed by atoms with van der Waals surface area (Å²) in [6.07, 6.45) is 3.61. The van der Waals surface area contributed by atoms with Gasteiger partial charge in [0.15, 0.2) is 5.17 Å². The molecule has 0 radical (unpaired) electrons. The number of benzene rings is 1. The number of halogens is 1. The van der Waals surface area contributed by atoms with Crippen LogP contribution in [0.3, 0.4) is 0 Å². The van der Waals surface area contributed by atoms with Gasteiger partial charge in [-0.15, -0.1) is 0 Å². The number of thioether (sulfide) groups is 1. The van der Waals surface area contributed by atoms with Crippen LogP contribution in [0.25, 0.3) is 0 Å². The van der Waals surface area contributed by atoms with Crippen LogP contribution in [0.2, 0.25) is 0 Å². The molecule has 3 aliphatic heterocycles. The maximum Gasteiger partial charge on any atom is 0.338 e. The quantitative estimate of drug-likeness (QED) is 0.459. The molecule has 0 saturated carbocycles. The first-order valence-corrected chi connectivity index (χ1v) is 11.7. The Morgan fingerprint density at radius 1 is 1.39 bits per heavy atom. The Hall–Kier alpha value is -2.91. The molecule has 3 heterocycles. The Balaban J connectivity index is 1.59. The van der Waals surface area contributed by atoms with Crippen LogP contribution in [0, 0.1) is 5.82 Å². The largest absolute Gasteiger partial charge is 0.458 e. The number of hydrogen-bond acceptors (Lipinski definition) is 7. The van der Waals surface area contributed by atoms with Crippen LogP contribution < -0.4 is 5.32 Å². The van der Waals surface area contributed by atoms with Gasteiger partial charge in [0.1, 0.15) is 12.4 Å². The van der Waals surface area contributed by atoms with Crippen LogP contribution >= 0.6 is 11.8 Å². The Morgan fingerprint density at radius 2 is 2.18 bits per heavy atom. The lowest BCUT2D eigenvalue weighted by molar-refractivity contribution is -0.138. The molecule has 1 saturated heterocycles. The number of fused-ring (bicyclic) bond motifs is 1. The molecule has 0 bridgehead atoms. The van der Waals surface area contributed by atoms with E-state index in [1.807, 2.05) is 10.3 Å². The van der Waals surface area contributed by atoms with Crippen molar-refractivity contribution in [3.63, 3.8) is 0 Å². The van der Waals surface area contributed by atoms with E-state index in [-0.39, 0.29) is 30.9 Å². The van der Waals surface area contributed by atoms with Crippen LogP contribution in [0.1, 0.15) is 37.8 Å². The standard InChI is InChI=1S/C24H26FN3O4S/c1-3-10-32-23(30)21-15(2)27-24-28(22(21)16-6-8-17(25)9-7-16)18(14-33-24)12-20(29)26-13-19-5-4-11-31-19/h3,6-9,14,19,22H,1,4-5,10-13H2,2H3,(H,26,29). The van der Waals surface area contributed by atoms with Gasteiger partial charge in [0.2, 0.25) is 5.91 Å². The van der Waals surface area contributed by atoms with Crippen molar-refractivity contribution in [2.24, 2.45) is 4.99 Å². The van der Waals surface area contributed by atoms with Gasteiger partial charge in [0.25, 0.3) is 0 Å². The zero-order chi connectivity index (χ0) is 23.4. The Bertz CT molecular complexity index is 1030. The summed E-state index contributed by atoms with van der Waals surface area (Å²) in [5, 5.41) is 5.46. The fraction of sp³-hybridized carbons (Fsp3) is 0.375. The van der Waals surface area contributed by atoms with E-state index >= 15 is 0 Å². The number of allylic oxidation sites excluding steroid dienone is 1. The summed E-state index contributed by atoms with van der Waals surface area (Å²) < 4.78 is 24.6. The molecule has 33 heavy (non-hydrogen) atoms. The maximum atomic E-state index is 13.7. The number of rotatable bonds is 8. The fourth-order valence-corrected chi connectivity index (χ4v) is 5.03. The third kappa shape index (κ3) is 5.20. The molecule has 4 rings (SSSR count). The van der Waals surface area contributed by atoms with E-state index in [0.29, 0.717) is 34.2 Å². The fourth-order valence-electron chi connectivity index (χ4n) is 4.06. The Labute approximate surface area is 196 Å². The monoisotopic (exact) mass is 471 g/mol. The van der Waals surface area contributed by atoms with Crippen LogP contribution in [-0.2, 0) is 19.1 Å². The van der Waals surface area contributed by atoms with Crippen LogP contribution in [0.15, 0.2) is 64.3 Å². The topological polar surface area (TPSA) is 80.2 Å². The molecule has 1 N–H and O–H groups in total. The molecule has 174 valence electrons. The lowest BCUT2D eigenvalue weighted by atomic mass is 9.94. The first-order valence-electron chi connectivity index (χ1n) is 10.8. The molecule has 0 aromatic heterocycles. The highest BCUT2D eigenvalue weighted by Gasteiger charge is 2.41. The minimum atomic E-state index is -0.595. The number of nitrogens with one attached hydrogen (secondary N) is 1. The van der Waals surface area contributed by atoms with Crippen molar-refractivity contribution in [1.29, 1.82) is 0 Å². The number of carbonyl (C=O) groups excluding carboxylic acids is 2. The second-order valence-electron chi connectivity index (χ2n) is 7.95. The van der Waals surface area contributed by atoms with Gasteiger partial charge in [-0.1, -0.05) is 36.5 Å². The highest BCUT2D eigenvalue weighted by atomic mass is 32.2. The van der Waals surface area contributed by atoms with Gasteiger partial charge in [-0.3, -0.25) is 4.79 Å². The third-order valence-corrected chi connectivity index (χ3v) is 6.52.